The quantitative estimate of drug-likeness (QED) is 0.565. The molecule has 1 rings (SSSR count). The summed E-state index contributed by atoms with van der Waals surface area (Å²) in [6.07, 6.45) is 0. The molecule has 0 bridgehead atoms. The Morgan fingerprint density at radius 3 is 2.93 bits per heavy atom. The van der Waals surface area contributed by atoms with Gasteiger partial charge >= 0.3 is 0 Å². The molecular weight excluding hydrogens is 205 g/mol. The zero-order valence-corrected chi connectivity index (χ0v) is 7.88. The molecule has 0 heterocycles. The van der Waals surface area contributed by atoms with Crippen LogP contribution in [0, 0.1) is 5.82 Å². The van der Waals surface area contributed by atoms with E-state index in [1.54, 1.807) is 6.07 Å². The monoisotopic (exact) mass is 211 g/mol. The molecule has 0 radical (unpaired) electrons. The van der Waals surface area contributed by atoms with Crippen LogP contribution in [0.2, 0.25) is 0 Å². The number of rotatable bonds is 3. The first-order chi connectivity index (χ1) is 6.74. The number of aliphatic imine (C=N–C) groups is 1. The lowest BCUT2D eigenvalue weighted by Gasteiger charge is -2.02. The van der Waals surface area contributed by atoms with Gasteiger partial charge in [-0.25, -0.2) is 4.39 Å². The van der Waals surface area contributed by atoms with Crippen molar-refractivity contribution in [2.24, 2.45) is 4.99 Å². The fourth-order valence-electron chi connectivity index (χ4n) is 0.784. The van der Waals surface area contributed by atoms with Crippen LogP contribution in [0.1, 0.15) is 0 Å². The number of hydrogen-bond acceptors (Lipinski definition) is 3. The predicted molar refractivity (Wildman–Crippen MR) is 51.9 cm³/mol. The lowest BCUT2D eigenvalue weighted by Crippen LogP contribution is -2.08. The lowest BCUT2D eigenvalue weighted by atomic mass is 10.3. The lowest BCUT2D eigenvalue weighted by molar-refractivity contribution is -0.119. The minimum absolute atomic E-state index is 0.0143. The molecule has 0 atom stereocenters. The number of para-hydroxylation sites is 1. The zero-order valence-electron chi connectivity index (χ0n) is 7.07. The third-order valence-electron chi connectivity index (χ3n) is 1.36. The molecule has 1 aromatic carbocycles. The summed E-state index contributed by atoms with van der Waals surface area (Å²) in [5, 5.41) is 1.90. The molecule has 0 spiro atoms. The first kappa shape index (κ1) is 10.5. The minimum atomic E-state index is -0.594. The number of amides is 1. The average Bonchev–Trinajstić information content (AvgIpc) is 2.17. The van der Waals surface area contributed by atoms with Gasteiger partial charge in [-0.2, -0.15) is 4.99 Å². The topological polar surface area (TPSA) is 38.7 Å². The van der Waals surface area contributed by atoms with Gasteiger partial charge in [0.25, 0.3) is 5.91 Å². The molecule has 1 amide bonds. The van der Waals surface area contributed by atoms with Crippen molar-refractivity contribution in [3.05, 3.63) is 30.1 Å². The third-order valence-corrected chi connectivity index (χ3v) is 1.45. The number of thiocarbonyl (C=S) groups is 1. The molecule has 3 nitrogen and oxygen atoms in total. The molecule has 0 aliphatic heterocycles. The highest BCUT2D eigenvalue weighted by Crippen LogP contribution is 2.14. The highest BCUT2D eigenvalue weighted by atomic mass is 32.1. The van der Waals surface area contributed by atoms with Crippen LogP contribution in [0.25, 0.3) is 0 Å². The molecule has 0 N–H and O–H groups in total. The fraction of sp³-hybridized carbons (Fsp3) is 0.111. The van der Waals surface area contributed by atoms with Crippen molar-refractivity contribution >= 4 is 23.3 Å². The average molecular weight is 211 g/mol. The van der Waals surface area contributed by atoms with Gasteiger partial charge in [0, 0.05) is 0 Å². The number of ether oxygens (including phenoxy) is 1. The number of halogens is 1. The first-order valence-electron chi connectivity index (χ1n) is 3.72. The number of carbonyl (C=O) groups excluding carboxylic acids is 1. The summed E-state index contributed by atoms with van der Waals surface area (Å²) in [5.74, 6) is -1.10. The van der Waals surface area contributed by atoms with Crippen molar-refractivity contribution in [2.45, 2.75) is 0 Å². The van der Waals surface area contributed by atoms with E-state index in [0.717, 1.165) is 0 Å². The van der Waals surface area contributed by atoms with Crippen LogP contribution in [-0.2, 0) is 4.79 Å². The van der Waals surface area contributed by atoms with E-state index in [2.05, 4.69) is 17.2 Å². The van der Waals surface area contributed by atoms with Gasteiger partial charge in [0.2, 0.25) is 0 Å². The number of nitrogens with zero attached hydrogens (tertiary/aromatic N) is 1. The Morgan fingerprint density at radius 1 is 1.57 bits per heavy atom. The molecule has 0 aliphatic rings. The van der Waals surface area contributed by atoms with E-state index >= 15 is 0 Å². The number of carbonyl (C=O) groups is 1. The van der Waals surface area contributed by atoms with Crippen LogP contribution in [0.15, 0.2) is 29.3 Å². The number of benzene rings is 1. The van der Waals surface area contributed by atoms with E-state index < -0.39 is 11.7 Å². The first-order valence-corrected chi connectivity index (χ1v) is 4.13. The minimum Gasteiger partial charge on any atom is -0.481 e. The summed E-state index contributed by atoms with van der Waals surface area (Å²) in [4.78, 5) is 13.9. The summed E-state index contributed by atoms with van der Waals surface area (Å²) in [6.45, 7) is -0.343. The van der Waals surface area contributed by atoms with Crippen molar-refractivity contribution < 1.29 is 13.9 Å². The van der Waals surface area contributed by atoms with Crippen LogP contribution in [0.5, 0.6) is 5.75 Å². The van der Waals surface area contributed by atoms with Gasteiger partial charge < -0.3 is 4.74 Å². The van der Waals surface area contributed by atoms with Gasteiger partial charge in [0.15, 0.2) is 18.2 Å². The van der Waals surface area contributed by atoms with Crippen LogP contribution < -0.4 is 4.74 Å². The standard InChI is InChI=1S/C9H6FNO2S/c10-7-3-1-2-4-8(7)13-5-9(12)11-6-14/h1-4H,5H2. The SMILES string of the molecule is O=C(COc1ccccc1F)N=C=S. The largest absolute Gasteiger partial charge is 0.481 e. The molecule has 1 aromatic rings. The smallest absolute Gasteiger partial charge is 0.292 e. The number of hydrogen-bond donors (Lipinski definition) is 0. The predicted octanol–water partition coefficient (Wildman–Crippen LogP) is 1.83. The Kier molecular flexibility index (Phi) is 3.91. The van der Waals surface area contributed by atoms with E-state index in [4.69, 9.17) is 4.74 Å². The molecule has 0 aliphatic carbocycles. The Hall–Kier alpha value is -1.58. The van der Waals surface area contributed by atoms with E-state index in [1.165, 1.54) is 18.2 Å². The van der Waals surface area contributed by atoms with Crippen LogP contribution in [0.4, 0.5) is 4.39 Å². The summed E-state index contributed by atoms with van der Waals surface area (Å²) in [6, 6.07) is 5.79. The highest BCUT2D eigenvalue weighted by Gasteiger charge is 2.04. The van der Waals surface area contributed by atoms with Gasteiger partial charge in [0.05, 0.1) is 5.16 Å². The van der Waals surface area contributed by atoms with Crippen LogP contribution in [-0.4, -0.2) is 17.7 Å². The van der Waals surface area contributed by atoms with Gasteiger partial charge in [-0.3, -0.25) is 4.79 Å². The van der Waals surface area contributed by atoms with Gasteiger partial charge in [-0.15, -0.1) is 0 Å². The van der Waals surface area contributed by atoms with Crippen molar-refractivity contribution in [3.63, 3.8) is 0 Å². The second kappa shape index (κ2) is 5.21. The Labute approximate surface area is 85.2 Å². The molecule has 0 saturated carbocycles. The van der Waals surface area contributed by atoms with Gasteiger partial charge in [-0.1, -0.05) is 12.1 Å². The molecule has 0 aromatic heterocycles. The third kappa shape index (κ3) is 3.05. The highest BCUT2D eigenvalue weighted by molar-refractivity contribution is 7.78. The van der Waals surface area contributed by atoms with Crippen molar-refractivity contribution in [1.82, 2.24) is 0 Å². The molecule has 0 unspecified atom stereocenters. The van der Waals surface area contributed by atoms with Crippen molar-refractivity contribution in [2.75, 3.05) is 6.61 Å². The zero-order chi connectivity index (χ0) is 10.4. The van der Waals surface area contributed by atoms with Crippen molar-refractivity contribution in [1.29, 1.82) is 0 Å². The second-order valence-corrected chi connectivity index (χ2v) is 2.50. The number of isothiocyanates is 1. The molecular formula is C9H6FNO2S. The Balaban J connectivity index is 2.58. The van der Waals surface area contributed by atoms with E-state index in [1.807, 2.05) is 5.16 Å². The maximum absolute atomic E-state index is 12.9. The van der Waals surface area contributed by atoms with Crippen LogP contribution in [0.3, 0.4) is 0 Å². The Bertz CT molecular complexity index is 388. The summed E-state index contributed by atoms with van der Waals surface area (Å²) >= 11 is 4.22. The van der Waals surface area contributed by atoms with E-state index in [9.17, 15) is 9.18 Å². The van der Waals surface area contributed by atoms with Crippen molar-refractivity contribution in [3.8, 4) is 5.75 Å². The second-order valence-electron chi connectivity index (χ2n) is 2.32. The summed E-state index contributed by atoms with van der Waals surface area (Å²) in [7, 11) is 0. The Morgan fingerprint density at radius 2 is 2.29 bits per heavy atom. The summed E-state index contributed by atoms with van der Waals surface area (Å²) < 4.78 is 17.8. The van der Waals surface area contributed by atoms with E-state index in [0.29, 0.717) is 0 Å². The normalized spacial score (nSPS) is 8.93. The molecule has 5 heteroatoms. The maximum atomic E-state index is 12.9. The van der Waals surface area contributed by atoms with Gasteiger partial charge in [-0.05, 0) is 24.4 Å². The fourth-order valence-corrected chi connectivity index (χ4v) is 0.886. The van der Waals surface area contributed by atoms with E-state index in [-0.39, 0.29) is 12.4 Å². The summed E-state index contributed by atoms with van der Waals surface area (Å²) in [5.41, 5.74) is 0. The molecule has 0 fully saturated rings. The van der Waals surface area contributed by atoms with Gasteiger partial charge in [0.1, 0.15) is 0 Å². The molecule has 0 saturated heterocycles. The maximum Gasteiger partial charge on any atom is 0.292 e. The molecule has 14 heavy (non-hydrogen) atoms. The molecule has 72 valence electrons. The van der Waals surface area contributed by atoms with Crippen LogP contribution >= 0.6 is 12.2 Å².